The van der Waals surface area contributed by atoms with Gasteiger partial charge in [-0.2, -0.15) is 0 Å². The summed E-state index contributed by atoms with van der Waals surface area (Å²) in [6, 6.07) is -0.0223. The van der Waals surface area contributed by atoms with Crippen LogP contribution in [0.1, 0.15) is 46.5 Å². The molecule has 0 aromatic rings. The number of hydrogen-bond acceptors (Lipinski definition) is 4. The molecule has 2 rings (SSSR count). The Hall–Kier alpha value is -0.650. The molecular weight excluding hydrogens is 292 g/mol. The number of carbonyl (C=O) groups is 1. The van der Waals surface area contributed by atoms with Gasteiger partial charge >= 0.3 is 0 Å². The van der Waals surface area contributed by atoms with Crippen LogP contribution in [0.2, 0.25) is 0 Å². The summed E-state index contributed by atoms with van der Waals surface area (Å²) < 4.78 is 5.77. The number of ether oxygens (including phenoxy) is 1. The molecule has 2 aliphatic rings. The van der Waals surface area contributed by atoms with Gasteiger partial charge in [-0.15, -0.1) is 0 Å². The van der Waals surface area contributed by atoms with E-state index in [0.29, 0.717) is 30.8 Å². The molecule has 5 heteroatoms. The van der Waals surface area contributed by atoms with Gasteiger partial charge in [0, 0.05) is 39.4 Å². The second-order valence-electron chi connectivity index (χ2n) is 7.55. The average molecular weight is 326 g/mol. The normalized spacial score (nSPS) is 28.8. The first kappa shape index (κ1) is 18.7. The summed E-state index contributed by atoms with van der Waals surface area (Å²) in [6.07, 6.45) is 4.19. The molecule has 0 spiro atoms. The van der Waals surface area contributed by atoms with Crippen molar-refractivity contribution in [1.29, 1.82) is 0 Å². The molecule has 2 fully saturated rings. The summed E-state index contributed by atoms with van der Waals surface area (Å²) in [5.74, 6) is 1.52. The maximum Gasteiger partial charge on any atom is 0.239 e. The summed E-state index contributed by atoms with van der Waals surface area (Å²) in [5.41, 5.74) is 0. The number of carbonyl (C=O) groups excluding carboxylic acids is 1. The lowest BCUT2D eigenvalue weighted by atomic mass is 9.91. The predicted octanol–water partition coefficient (Wildman–Crippen LogP) is 1.74. The number of aliphatic hydroxyl groups excluding tert-OH is 1. The Morgan fingerprint density at radius 3 is 2.39 bits per heavy atom. The van der Waals surface area contributed by atoms with Crippen LogP contribution in [-0.2, 0) is 9.53 Å². The molecule has 5 nitrogen and oxygen atoms in total. The maximum atomic E-state index is 12.8. The van der Waals surface area contributed by atoms with E-state index in [4.69, 9.17) is 9.84 Å². The van der Waals surface area contributed by atoms with E-state index >= 15 is 0 Å². The third-order valence-electron chi connectivity index (χ3n) is 5.22. The minimum absolute atomic E-state index is 0.0223. The van der Waals surface area contributed by atoms with Crippen LogP contribution in [0.25, 0.3) is 0 Å². The maximum absolute atomic E-state index is 12.8. The molecule has 2 aliphatic heterocycles. The average Bonchev–Trinajstić information content (AvgIpc) is 2.53. The molecule has 2 heterocycles. The van der Waals surface area contributed by atoms with E-state index in [-0.39, 0.29) is 18.8 Å². The molecule has 0 aromatic carbocycles. The van der Waals surface area contributed by atoms with Crippen molar-refractivity contribution in [1.82, 2.24) is 9.80 Å². The van der Waals surface area contributed by atoms with Gasteiger partial charge in [0.25, 0.3) is 0 Å². The van der Waals surface area contributed by atoms with Crippen LogP contribution in [0.5, 0.6) is 0 Å². The van der Waals surface area contributed by atoms with Crippen molar-refractivity contribution >= 4 is 5.91 Å². The molecular formula is C18H34N2O3. The molecule has 3 atom stereocenters. The van der Waals surface area contributed by atoms with Gasteiger partial charge in [-0.25, -0.2) is 0 Å². The second-order valence-corrected chi connectivity index (χ2v) is 7.55. The number of hydrogen-bond donors (Lipinski definition) is 1. The monoisotopic (exact) mass is 326 g/mol. The first-order valence-corrected chi connectivity index (χ1v) is 9.26. The number of rotatable bonds is 6. The standard InChI is InChI=1S/C18H34N2O3/c1-14-11-15(2)13-20(12-14)18(22)16(3)19-7-5-17(6-8-19)23-10-4-9-21/h14-17,21H,4-13H2,1-3H3. The van der Waals surface area contributed by atoms with Crippen LogP contribution in [0.4, 0.5) is 0 Å². The molecule has 2 saturated heterocycles. The van der Waals surface area contributed by atoms with Gasteiger partial charge in [-0.05, 0) is 44.4 Å². The van der Waals surface area contributed by atoms with Crippen LogP contribution in [-0.4, -0.2) is 72.4 Å². The van der Waals surface area contributed by atoms with Crippen molar-refractivity contribution < 1.29 is 14.6 Å². The Bertz CT molecular complexity index is 359. The van der Waals surface area contributed by atoms with Gasteiger partial charge in [0.2, 0.25) is 5.91 Å². The predicted molar refractivity (Wildman–Crippen MR) is 91.2 cm³/mol. The largest absolute Gasteiger partial charge is 0.396 e. The van der Waals surface area contributed by atoms with Crippen molar-refractivity contribution in [2.45, 2.75) is 58.6 Å². The van der Waals surface area contributed by atoms with Gasteiger partial charge in [0.05, 0.1) is 12.1 Å². The Morgan fingerprint density at radius 1 is 1.22 bits per heavy atom. The molecule has 134 valence electrons. The molecule has 0 aliphatic carbocycles. The molecule has 23 heavy (non-hydrogen) atoms. The van der Waals surface area contributed by atoms with E-state index < -0.39 is 0 Å². The van der Waals surface area contributed by atoms with Crippen LogP contribution < -0.4 is 0 Å². The van der Waals surface area contributed by atoms with Gasteiger partial charge in [0.15, 0.2) is 0 Å². The lowest BCUT2D eigenvalue weighted by Crippen LogP contribution is -2.53. The topological polar surface area (TPSA) is 53.0 Å². The lowest BCUT2D eigenvalue weighted by Gasteiger charge is -2.40. The van der Waals surface area contributed by atoms with E-state index in [9.17, 15) is 4.79 Å². The fourth-order valence-electron chi connectivity index (χ4n) is 4.01. The summed E-state index contributed by atoms with van der Waals surface area (Å²) in [7, 11) is 0. The molecule has 0 saturated carbocycles. The van der Waals surface area contributed by atoms with Gasteiger partial charge < -0.3 is 14.7 Å². The minimum Gasteiger partial charge on any atom is -0.396 e. The van der Waals surface area contributed by atoms with E-state index in [1.165, 1.54) is 6.42 Å². The first-order valence-electron chi connectivity index (χ1n) is 9.26. The smallest absolute Gasteiger partial charge is 0.239 e. The van der Waals surface area contributed by atoms with Crippen LogP contribution in [0, 0.1) is 11.8 Å². The van der Waals surface area contributed by atoms with Crippen molar-refractivity contribution in [3.63, 3.8) is 0 Å². The Balaban J connectivity index is 1.77. The molecule has 3 unspecified atom stereocenters. The van der Waals surface area contributed by atoms with E-state index in [1.807, 2.05) is 0 Å². The van der Waals surface area contributed by atoms with Crippen LogP contribution in [0.3, 0.4) is 0 Å². The Labute approximate surface area is 141 Å². The zero-order valence-electron chi connectivity index (χ0n) is 15.0. The lowest BCUT2D eigenvalue weighted by molar-refractivity contribution is -0.140. The molecule has 0 radical (unpaired) electrons. The van der Waals surface area contributed by atoms with Crippen LogP contribution >= 0.6 is 0 Å². The van der Waals surface area contributed by atoms with Crippen molar-refractivity contribution in [2.24, 2.45) is 11.8 Å². The highest BCUT2D eigenvalue weighted by atomic mass is 16.5. The summed E-state index contributed by atoms with van der Waals surface area (Å²) in [5, 5.41) is 8.80. The number of aliphatic hydroxyl groups is 1. The molecule has 0 bridgehead atoms. The number of nitrogens with zero attached hydrogens (tertiary/aromatic N) is 2. The highest BCUT2D eigenvalue weighted by Crippen LogP contribution is 2.23. The fraction of sp³-hybridized carbons (Fsp3) is 0.944. The van der Waals surface area contributed by atoms with Crippen molar-refractivity contribution in [2.75, 3.05) is 39.4 Å². The highest BCUT2D eigenvalue weighted by molar-refractivity contribution is 5.81. The van der Waals surface area contributed by atoms with Crippen LogP contribution in [0.15, 0.2) is 0 Å². The number of piperidine rings is 2. The number of amides is 1. The Kier molecular flexibility index (Phi) is 7.31. The minimum atomic E-state index is -0.0223. The summed E-state index contributed by atoms with van der Waals surface area (Å²) >= 11 is 0. The van der Waals surface area contributed by atoms with Gasteiger partial charge in [-0.3, -0.25) is 9.69 Å². The molecule has 1 amide bonds. The van der Waals surface area contributed by atoms with Crippen molar-refractivity contribution in [3.8, 4) is 0 Å². The first-order chi connectivity index (χ1) is 11.0. The fourth-order valence-corrected chi connectivity index (χ4v) is 4.01. The quantitative estimate of drug-likeness (QED) is 0.756. The second kappa shape index (κ2) is 9.00. The van der Waals surface area contributed by atoms with E-state index in [1.54, 1.807) is 0 Å². The van der Waals surface area contributed by atoms with Crippen molar-refractivity contribution in [3.05, 3.63) is 0 Å². The zero-order valence-corrected chi connectivity index (χ0v) is 15.0. The SMILES string of the molecule is CC1CC(C)CN(C(=O)C(C)N2CCC(OCCCO)CC2)C1. The molecule has 0 aromatic heterocycles. The third kappa shape index (κ3) is 5.44. The summed E-state index contributed by atoms with van der Waals surface area (Å²) in [6.45, 7) is 11.1. The molecule has 1 N–H and O–H groups in total. The Morgan fingerprint density at radius 2 is 1.83 bits per heavy atom. The number of likely N-dealkylation sites (tertiary alicyclic amines) is 2. The third-order valence-corrected chi connectivity index (χ3v) is 5.22. The van der Waals surface area contributed by atoms with E-state index in [0.717, 1.165) is 39.0 Å². The van der Waals surface area contributed by atoms with Gasteiger partial charge in [0.1, 0.15) is 0 Å². The van der Waals surface area contributed by atoms with E-state index in [2.05, 4.69) is 30.6 Å². The summed E-state index contributed by atoms with van der Waals surface area (Å²) in [4.78, 5) is 17.2. The van der Waals surface area contributed by atoms with Gasteiger partial charge in [-0.1, -0.05) is 13.8 Å². The highest BCUT2D eigenvalue weighted by Gasteiger charge is 2.32. The zero-order chi connectivity index (χ0) is 16.8.